The molecule has 1 aliphatic rings. The molecule has 0 radical (unpaired) electrons. The lowest BCUT2D eigenvalue weighted by Gasteiger charge is -2.11. The molecular formula is C25H24ClN5O2. The van der Waals surface area contributed by atoms with Crippen LogP contribution in [0.5, 0.6) is 0 Å². The van der Waals surface area contributed by atoms with Crippen molar-refractivity contribution in [3.8, 4) is 5.69 Å². The lowest BCUT2D eigenvalue weighted by Crippen LogP contribution is -2.34. The van der Waals surface area contributed by atoms with Gasteiger partial charge in [-0.1, -0.05) is 35.9 Å². The molecule has 2 aromatic heterocycles. The van der Waals surface area contributed by atoms with E-state index in [1.54, 1.807) is 16.9 Å². The predicted molar refractivity (Wildman–Crippen MR) is 128 cm³/mol. The highest BCUT2D eigenvalue weighted by molar-refractivity contribution is 6.31. The van der Waals surface area contributed by atoms with Gasteiger partial charge in [0.1, 0.15) is 12.1 Å². The second-order valence-electron chi connectivity index (χ2n) is 8.58. The molecule has 168 valence electrons. The van der Waals surface area contributed by atoms with Gasteiger partial charge in [0.15, 0.2) is 0 Å². The SMILES string of the molecule is Cc1ccc(-n2ncc3c(C4CC4)nn(CC(=O)NCc4ccccc4Cl)c(=O)c32)cc1C. The molecule has 0 bridgehead atoms. The van der Waals surface area contributed by atoms with Crippen LogP contribution >= 0.6 is 11.6 Å². The third kappa shape index (κ3) is 4.16. The molecule has 0 unspecified atom stereocenters. The quantitative estimate of drug-likeness (QED) is 0.469. The summed E-state index contributed by atoms with van der Waals surface area (Å²) in [5.41, 5.74) is 4.86. The molecule has 0 spiro atoms. The molecular weight excluding hydrogens is 438 g/mol. The molecule has 2 aromatic carbocycles. The largest absolute Gasteiger partial charge is 0.350 e. The van der Waals surface area contributed by atoms with Crippen molar-refractivity contribution in [1.29, 1.82) is 0 Å². The summed E-state index contributed by atoms with van der Waals surface area (Å²) < 4.78 is 2.92. The normalized spacial score (nSPS) is 13.4. The van der Waals surface area contributed by atoms with Crippen LogP contribution in [0.25, 0.3) is 16.6 Å². The highest BCUT2D eigenvalue weighted by atomic mass is 35.5. The number of carbonyl (C=O) groups is 1. The van der Waals surface area contributed by atoms with E-state index in [0.29, 0.717) is 16.5 Å². The fourth-order valence-corrected chi connectivity index (χ4v) is 4.14. The molecule has 1 amide bonds. The number of benzene rings is 2. The van der Waals surface area contributed by atoms with Crippen molar-refractivity contribution in [2.24, 2.45) is 0 Å². The molecule has 1 saturated carbocycles. The monoisotopic (exact) mass is 461 g/mol. The van der Waals surface area contributed by atoms with Crippen molar-refractivity contribution in [3.05, 3.63) is 86.4 Å². The second kappa shape index (κ2) is 8.48. The van der Waals surface area contributed by atoms with Gasteiger partial charge in [0, 0.05) is 22.9 Å². The molecule has 2 heterocycles. The number of hydrogen-bond acceptors (Lipinski definition) is 4. The zero-order valence-electron chi connectivity index (χ0n) is 18.5. The van der Waals surface area contributed by atoms with E-state index in [1.807, 2.05) is 50.2 Å². The lowest BCUT2D eigenvalue weighted by atomic mass is 10.1. The Balaban J connectivity index is 1.50. The minimum atomic E-state index is -0.335. The molecule has 7 nitrogen and oxygen atoms in total. The maximum absolute atomic E-state index is 13.4. The first kappa shape index (κ1) is 21.4. The van der Waals surface area contributed by atoms with E-state index in [-0.39, 0.29) is 24.6 Å². The topological polar surface area (TPSA) is 81.8 Å². The minimum Gasteiger partial charge on any atom is -0.350 e. The van der Waals surface area contributed by atoms with E-state index in [4.69, 9.17) is 11.6 Å². The zero-order valence-corrected chi connectivity index (χ0v) is 19.3. The highest BCUT2D eigenvalue weighted by Crippen LogP contribution is 2.41. The van der Waals surface area contributed by atoms with Crippen LogP contribution in [-0.4, -0.2) is 25.5 Å². The predicted octanol–water partition coefficient (Wildman–Crippen LogP) is 4.05. The first-order valence-corrected chi connectivity index (χ1v) is 11.4. The van der Waals surface area contributed by atoms with Crippen LogP contribution in [0.3, 0.4) is 0 Å². The second-order valence-corrected chi connectivity index (χ2v) is 8.98. The fraction of sp³-hybridized carbons (Fsp3) is 0.280. The Labute approximate surface area is 196 Å². The number of rotatable bonds is 6. The van der Waals surface area contributed by atoms with Gasteiger partial charge < -0.3 is 5.32 Å². The molecule has 1 fully saturated rings. The van der Waals surface area contributed by atoms with Gasteiger partial charge in [-0.15, -0.1) is 0 Å². The third-order valence-corrected chi connectivity index (χ3v) is 6.51. The van der Waals surface area contributed by atoms with Crippen molar-refractivity contribution in [2.75, 3.05) is 0 Å². The van der Waals surface area contributed by atoms with Crippen LogP contribution < -0.4 is 10.9 Å². The van der Waals surface area contributed by atoms with Crippen molar-refractivity contribution < 1.29 is 4.79 Å². The molecule has 8 heteroatoms. The Kier molecular flexibility index (Phi) is 5.50. The number of carbonyl (C=O) groups excluding carboxylic acids is 1. The Hall–Kier alpha value is -3.45. The smallest absolute Gasteiger partial charge is 0.293 e. The Bertz CT molecular complexity index is 1430. The molecule has 1 aliphatic carbocycles. The first-order valence-electron chi connectivity index (χ1n) is 11.0. The average Bonchev–Trinajstić information content (AvgIpc) is 3.55. The van der Waals surface area contributed by atoms with Crippen molar-refractivity contribution in [1.82, 2.24) is 24.9 Å². The summed E-state index contributed by atoms with van der Waals surface area (Å²) in [7, 11) is 0. The van der Waals surface area contributed by atoms with Crippen molar-refractivity contribution in [2.45, 2.75) is 45.7 Å². The van der Waals surface area contributed by atoms with E-state index in [0.717, 1.165) is 40.7 Å². The van der Waals surface area contributed by atoms with Gasteiger partial charge in [-0.2, -0.15) is 10.2 Å². The number of amides is 1. The van der Waals surface area contributed by atoms with Crippen LogP contribution in [-0.2, 0) is 17.9 Å². The summed E-state index contributed by atoms with van der Waals surface area (Å²) in [6.45, 7) is 4.19. The minimum absolute atomic E-state index is 0.170. The summed E-state index contributed by atoms with van der Waals surface area (Å²) in [5.74, 6) is -0.00852. The summed E-state index contributed by atoms with van der Waals surface area (Å²) >= 11 is 6.18. The van der Waals surface area contributed by atoms with E-state index >= 15 is 0 Å². The van der Waals surface area contributed by atoms with Gasteiger partial charge in [-0.25, -0.2) is 9.36 Å². The standard InChI is InChI=1S/C25H24ClN5O2/c1-15-7-10-19(11-16(15)2)31-24-20(13-28-31)23(17-8-9-17)29-30(25(24)33)14-22(32)27-12-18-5-3-4-6-21(18)26/h3-7,10-11,13,17H,8-9,12,14H2,1-2H3,(H,27,32). The van der Waals surface area contributed by atoms with E-state index < -0.39 is 0 Å². The molecule has 33 heavy (non-hydrogen) atoms. The summed E-state index contributed by atoms with van der Waals surface area (Å²) in [5, 5.41) is 13.3. The van der Waals surface area contributed by atoms with Crippen molar-refractivity contribution >= 4 is 28.4 Å². The number of aromatic nitrogens is 4. The zero-order chi connectivity index (χ0) is 23.1. The number of hydrogen-bond donors (Lipinski definition) is 1. The molecule has 1 N–H and O–H groups in total. The first-order chi connectivity index (χ1) is 15.9. The summed E-state index contributed by atoms with van der Waals surface area (Å²) in [4.78, 5) is 26.1. The number of halogens is 1. The van der Waals surface area contributed by atoms with Gasteiger partial charge >= 0.3 is 0 Å². The molecule has 0 saturated heterocycles. The Morgan fingerprint density at radius 2 is 1.94 bits per heavy atom. The van der Waals surface area contributed by atoms with Crippen LogP contribution in [0.4, 0.5) is 0 Å². The lowest BCUT2D eigenvalue weighted by molar-refractivity contribution is -0.122. The summed E-state index contributed by atoms with van der Waals surface area (Å²) in [6, 6.07) is 13.3. The highest BCUT2D eigenvalue weighted by Gasteiger charge is 2.30. The van der Waals surface area contributed by atoms with Gasteiger partial charge in [-0.05, 0) is 61.6 Å². The van der Waals surface area contributed by atoms with Crippen LogP contribution in [0.15, 0.2) is 53.5 Å². The van der Waals surface area contributed by atoms with E-state index in [1.165, 1.54) is 10.2 Å². The third-order valence-electron chi connectivity index (χ3n) is 6.14. The summed E-state index contributed by atoms with van der Waals surface area (Å²) in [6.07, 6.45) is 3.76. The molecule has 0 atom stereocenters. The van der Waals surface area contributed by atoms with Crippen LogP contribution in [0.1, 0.15) is 41.1 Å². The van der Waals surface area contributed by atoms with Crippen LogP contribution in [0, 0.1) is 13.8 Å². The van der Waals surface area contributed by atoms with Gasteiger partial charge in [-0.3, -0.25) is 9.59 Å². The average molecular weight is 462 g/mol. The number of nitrogens with one attached hydrogen (secondary N) is 1. The fourth-order valence-electron chi connectivity index (χ4n) is 3.94. The van der Waals surface area contributed by atoms with Gasteiger partial charge in [0.25, 0.3) is 5.56 Å². The number of aryl methyl sites for hydroxylation is 2. The van der Waals surface area contributed by atoms with Crippen molar-refractivity contribution in [3.63, 3.8) is 0 Å². The maximum Gasteiger partial charge on any atom is 0.293 e. The van der Waals surface area contributed by atoms with Gasteiger partial charge in [0.05, 0.1) is 17.6 Å². The number of fused-ring (bicyclic) bond motifs is 1. The van der Waals surface area contributed by atoms with Gasteiger partial charge in [0.2, 0.25) is 5.91 Å². The van der Waals surface area contributed by atoms with Crippen LogP contribution in [0.2, 0.25) is 5.02 Å². The maximum atomic E-state index is 13.4. The van der Waals surface area contributed by atoms with E-state index in [9.17, 15) is 9.59 Å². The molecule has 0 aliphatic heterocycles. The molecule has 5 rings (SSSR count). The van der Waals surface area contributed by atoms with E-state index in [2.05, 4.69) is 15.5 Å². The Morgan fingerprint density at radius 3 is 2.67 bits per heavy atom. The Morgan fingerprint density at radius 1 is 1.15 bits per heavy atom. The molecule has 4 aromatic rings. The number of nitrogens with zero attached hydrogens (tertiary/aromatic N) is 4.